The minimum Gasteiger partial charge on any atom is -0.340 e. The summed E-state index contributed by atoms with van der Waals surface area (Å²) in [6, 6.07) is 8.35. The van der Waals surface area contributed by atoms with E-state index in [1.807, 2.05) is 24.3 Å². The first-order valence-corrected chi connectivity index (χ1v) is 7.73. The number of likely N-dealkylation sites (N-methyl/N-ethyl adjacent to an activating group) is 1. The molecule has 0 atom stereocenters. The van der Waals surface area contributed by atoms with Crippen molar-refractivity contribution >= 4 is 18.5 Å². The summed E-state index contributed by atoms with van der Waals surface area (Å²) in [6.45, 7) is 2.91. The third-order valence-electron chi connectivity index (χ3n) is 3.97. The molecule has 0 aromatic heterocycles. The molecule has 1 amide bonds. The summed E-state index contributed by atoms with van der Waals surface area (Å²) in [6.07, 6.45) is 6.72. The van der Waals surface area contributed by atoms with E-state index in [1.165, 1.54) is 32.1 Å². The van der Waals surface area contributed by atoms with Crippen LogP contribution in [0.5, 0.6) is 0 Å². The van der Waals surface area contributed by atoms with Crippen LogP contribution in [0.4, 0.5) is 0 Å². The minimum absolute atomic E-state index is 0.265. The molecule has 0 heterocycles. The SMILES string of the molecule is CCN(C(=O)Cc1ccc(S)cc1)C1CCCCC1. The molecule has 0 bridgehead atoms. The average Bonchev–Trinajstić information content (AvgIpc) is 2.43. The number of benzene rings is 1. The second-order valence-corrected chi connectivity index (χ2v) is 5.83. The molecule has 0 N–H and O–H groups in total. The van der Waals surface area contributed by atoms with E-state index in [0.29, 0.717) is 12.5 Å². The first kappa shape index (κ1) is 14.4. The van der Waals surface area contributed by atoms with Crippen LogP contribution in [-0.4, -0.2) is 23.4 Å². The average molecular weight is 277 g/mol. The van der Waals surface area contributed by atoms with Gasteiger partial charge < -0.3 is 4.90 Å². The van der Waals surface area contributed by atoms with E-state index in [2.05, 4.69) is 24.5 Å². The molecular weight excluding hydrogens is 254 g/mol. The van der Waals surface area contributed by atoms with Crippen molar-refractivity contribution in [2.45, 2.75) is 56.4 Å². The Morgan fingerprint density at radius 3 is 2.42 bits per heavy atom. The van der Waals surface area contributed by atoms with Gasteiger partial charge in [0.2, 0.25) is 5.91 Å². The number of hydrogen-bond donors (Lipinski definition) is 1. The fourth-order valence-electron chi connectivity index (χ4n) is 2.92. The molecule has 2 rings (SSSR count). The molecule has 1 fully saturated rings. The molecule has 0 aliphatic heterocycles. The molecule has 104 valence electrons. The van der Waals surface area contributed by atoms with Crippen LogP contribution >= 0.6 is 12.6 Å². The number of carbonyl (C=O) groups is 1. The monoisotopic (exact) mass is 277 g/mol. The lowest BCUT2D eigenvalue weighted by molar-refractivity contribution is -0.133. The van der Waals surface area contributed by atoms with Crippen LogP contribution in [0.15, 0.2) is 29.2 Å². The van der Waals surface area contributed by atoms with Gasteiger partial charge in [-0.15, -0.1) is 12.6 Å². The van der Waals surface area contributed by atoms with Crippen LogP contribution in [0.1, 0.15) is 44.6 Å². The van der Waals surface area contributed by atoms with Crippen LogP contribution in [0.3, 0.4) is 0 Å². The van der Waals surface area contributed by atoms with Crippen molar-refractivity contribution in [2.75, 3.05) is 6.54 Å². The summed E-state index contributed by atoms with van der Waals surface area (Å²) in [7, 11) is 0. The Morgan fingerprint density at radius 1 is 1.21 bits per heavy atom. The van der Waals surface area contributed by atoms with Crippen molar-refractivity contribution in [1.82, 2.24) is 4.90 Å². The second-order valence-electron chi connectivity index (χ2n) is 5.31. The van der Waals surface area contributed by atoms with Gasteiger partial charge in [0.25, 0.3) is 0 Å². The fourth-order valence-corrected chi connectivity index (χ4v) is 3.07. The maximum absolute atomic E-state index is 12.4. The van der Waals surface area contributed by atoms with Crippen molar-refractivity contribution in [1.29, 1.82) is 0 Å². The van der Waals surface area contributed by atoms with Gasteiger partial charge in [0.05, 0.1) is 6.42 Å². The Kier molecular flexibility index (Phi) is 5.32. The van der Waals surface area contributed by atoms with Crippen LogP contribution in [0.2, 0.25) is 0 Å². The highest BCUT2D eigenvalue weighted by Crippen LogP contribution is 2.23. The van der Waals surface area contributed by atoms with Gasteiger partial charge in [0, 0.05) is 17.5 Å². The van der Waals surface area contributed by atoms with Gasteiger partial charge in [0.1, 0.15) is 0 Å². The van der Waals surface area contributed by atoms with Crippen LogP contribution in [-0.2, 0) is 11.2 Å². The Bertz CT molecular complexity index is 409. The third kappa shape index (κ3) is 4.00. The summed E-state index contributed by atoms with van der Waals surface area (Å²) in [4.78, 5) is 15.5. The zero-order valence-corrected chi connectivity index (χ0v) is 12.5. The maximum atomic E-state index is 12.4. The predicted octanol–water partition coefficient (Wildman–Crippen LogP) is 3.70. The zero-order chi connectivity index (χ0) is 13.7. The van der Waals surface area contributed by atoms with E-state index < -0.39 is 0 Å². The van der Waals surface area contributed by atoms with Gasteiger partial charge in [-0.2, -0.15) is 0 Å². The molecule has 0 unspecified atom stereocenters. The van der Waals surface area contributed by atoms with Gasteiger partial charge in [-0.25, -0.2) is 0 Å². The van der Waals surface area contributed by atoms with Crippen molar-refractivity contribution in [2.24, 2.45) is 0 Å². The molecule has 1 aromatic rings. The molecule has 0 saturated heterocycles. The highest BCUT2D eigenvalue weighted by molar-refractivity contribution is 7.80. The highest BCUT2D eigenvalue weighted by atomic mass is 32.1. The van der Waals surface area contributed by atoms with Gasteiger partial charge in [-0.3, -0.25) is 4.79 Å². The van der Waals surface area contributed by atoms with Gasteiger partial charge >= 0.3 is 0 Å². The lowest BCUT2D eigenvalue weighted by Gasteiger charge is -2.33. The van der Waals surface area contributed by atoms with E-state index in [9.17, 15) is 4.79 Å². The largest absolute Gasteiger partial charge is 0.340 e. The lowest BCUT2D eigenvalue weighted by atomic mass is 9.94. The Labute approximate surface area is 121 Å². The fraction of sp³-hybridized carbons (Fsp3) is 0.562. The third-order valence-corrected chi connectivity index (χ3v) is 4.27. The van der Waals surface area contributed by atoms with Crippen LogP contribution in [0.25, 0.3) is 0 Å². The standard InChI is InChI=1S/C16H23NOS/c1-2-17(14-6-4-3-5-7-14)16(18)12-13-8-10-15(19)11-9-13/h8-11,14,19H,2-7,12H2,1H3. The zero-order valence-electron chi connectivity index (χ0n) is 11.6. The molecule has 1 aliphatic rings. The summed E-state index contributed by atoms with van der Waals surface area (Å²) in [5, 5.41) is 0. The van der Waals surface area contributed by atoms with E-state index in [4.69, 9.17) is 0 Å². The number of rotatable bonds is 4. The van der Waals surface area contributed by atoms with Crippen LogP contribution in [0, 0.1) is 0 Å². The maximum Gasteiger partial charge on any atom is 0.227 e. The van der Waals surface area contributed by atoms with E-state index in [1.54, 1.807) is 0 Å². The molecule has 1 aromatic carbocycles. The first-order chi connectivity index (χ1) is 9.20. The molecule has 2 nitrogen and oxygen atoms in total. The second kappa shape index (κ2) is 6.99. The Hall–Kier alpha value is -0.960. The van der Waals surface area contributed by atoms with E-state index in [0.717, 1.165) is 17.0 Å². The predicted molar refractivity (Wildman–Crippen MR) is 81.7 cm³/mol. The summed E-state index contributed by atoms with van der Waals surface area (Å²) in [5.41, 5.74) is 1.08. The number of hydrogen-bond acceptors (Lipinski definition) is 2. The topological polar surface area (TPSA) is 20.3 Å². The number of carbonyl (C=O) groups excluding carboxylic acids is 1. The number of thiol groups is 1. The first-order valence-electron chi connectivity index (χ1n) is 7.28. The van der Waals surface area contributed by atoms with Gasteiger partial charge in [0.15, 0.2) is 0 Å². The van der Waals surface area contributed by atoms with Crippen molar-refractivity contribution < 1.29 is 4.79 Å². The number of nitrogens with zero attached hydrogens (tertiary/aromatic N) is 1. The summed E-state index contributed by atoms with van der Waals surface area (Å²) >= 11 is 4.27. The molecule has 1 aliphatic carbocycles. The van der Waals surface area contributed by atoms with Crippen LogP contribution < -0.4 is 0 Å². The van der Waals surface area contributed by atoms with Crippen molar-refractivity contribution in [3.05, 3.63) is 29.8 Å². The van der Waals surface area contributed by atoms with Crippen molar-refractivity contribution in [3.63, 3.8) is 0 Å². The van der Waals surface area contributed by atoms with E-state index in [-0.39, 0.29) is 5.91 Å². The highest BCUT2D eigenvalue weighted by Gasteiger charge is 2.23. The molecule has 1 saturated carbocycles. The Morgan fingerprint density at radius 2 is 1.84 bits per heavy atom. The number of amides is 1. The molecule has 3 heteroatoms. The lowest BCUT2D eigenvalue weighted by Crippen LogP contribution is -2.42. The van der Waals surface area contributed by atoms with Gasteiger partial charge in [-0.1, -0.05) is 31.4 Å². The smallest absolute Gasteiger partial charge is 0.227 e. The minimum atomic E-state index is 0.265. The molecule has 0 radical (unpaired) electrons. The van der Waals surface area contributed by atoms with E-state index >= 15 is 0 Å². The summed E-state index contributed by atoms with van der Waals surface area (Å²) < 4.78 is 0. The molecule has 19 heavy (non-hydrogen) atoms. The molecule has 0 spiro atoms. The summed E-state index contributed by atoms with van der Waals surface area (Å²) in [5.74, 6) is 0.265. The molecular formula is C16H23NOS. The van der Waals surface area contributed by atoms with Crippen molar-refractivity contribution in [3.8, 4) is 0 Å². The normalized spacial score (nSPS) is 16.3. The van der Waals surface area contributed by atoms with Gasteiger partial charge in [-0.05, 0) is 37.5 Å². The Balaban J connectivity index is 1.97. The quantitative estimate of drug-likeness (QED) is 0.832.